The Hall–Kier alpha value is -2.62. The minimum Gasteiger partial charge on any atom is -0.337 e. The highest BCUT2D eigenvalue weighted by Crippen LogP contribution is 2.46. The van der Waals surface area contributed by atoms with Gasteiger partial charge >= 0.3 is 0 Å². The van der Waals surface area contributed by atoms with Crippen LogP contribution in [0.1, 0.15) is 27.9 Å². The van der Waals surface area contributed by atoms with E-state index in [0.717, 1.165) is 16.8 Å². The number of benzene rings is 2. The number of likely N-dealkylation sites (tertiary alicyclic amines) is 1. The number of carbonyl (C=O) groups is 2. The standard InChI is InChI=1S/C20H20N2O2/c1-14-6-5-7-15(12-14)18(23)22-11-10-20(13-22)16-8-3-4-9-17(16)21(2)19(20)24/h3-9,12H,10-11,13H2,1-2H3. The monoisotopic (exact) mass is 320 g/mol. The Balaban J connectivity index is 1.67. The molecule has 0 N–H and O–H groups in total. The van der Waals surface area contributed by atoms with Crippen LogP contribution in [0.4, 0.5) is 5.69 Å². The van der Waals surface area contributed by atoms with Crippen LogP contribution >= 0.6 is 0 Å². The van der Waals surface area contributed by atoms with E-state index >= 15 is 0 Å². The Labute approximate surface area is 141 Å². The van der Waals surface area contributed by atoms with Crippen molar-refractivity contribution in [2.45, 2.75) is 18.8 Å². The van der Waals surface area contributed by atoms with E-state index < -0.39 is 5.41 Å². The van der Waals surface area contributed by atoms with Gasteiger partial charge < -0.3 is 9.80 Å². The summed E-state index contributed by atoms with van der Waals surface area (Å²) < 4.78 is 0. The summed E-state index contributed by atoms with van der Waals surface area (Å²) in [6, 6.07) is 15.6. The van der Waals surface area contributed by atoms with Crippen LogP contribution in [0.5, 0.6) is 0 Å². The first-order chi connectivity index (χ1) is 11.5. The summed E-state index contributed by atoms with van der Waals surface area (Å²) in [4.78, 5) is 29.3. The normalized spacial score (nSPS) is 22.3. The number of amides is 2. The molecule has 24 heavy (non-hydrogen) atoms. The summed E-state index contributed by atoms with van der Waals surface area (Å²) in [7, 11) is 1.82. The van der Waals surface area contributed by atoms with Gasteiger partial charge in [0.05, 0.1) is 5.41 Å². The van der Waals surface area contributed by atoms with Gasteiger partial charge in [-0.1, -0.05) is 35.9 Å². The highest BCUT2D eigenvalue weighted by atomic mass is 16.2. The van der Waals surface area contributed by atoms with Crippen LogP contribution < -0.4 is 4.90 Å². The van der Waals surface area contributed by atoms with Gasteiger partial charge in [0.2, 0.25) is 5.91 Å². The Bertz CT molecular complexity index is 845. The number of aryl methyl sites for hydroxylation is 1. The molecule has 1 atom stereocenters. The molecular formula is C20H20N2O2. The van der Waals surface area contributed by atoms with Gasteiger partial charge in [0, 0.05) is 31.4 Å². The Morgan fingerprint density at radius 3 is 2.71 bits per heavy atom. The molecule has 122 valence electrons. The quantitative estimate of drug-likeness (QED) is 0.811. The van der Waals surface area contributed by atoms with E-state index in [1.165, 1.54) is 0 Å². The van der Waals surface area contributed by atoms with E-state index in [2.05, 4.69) is 0 Å². The van der Waals surface area contributed by atoms with Crippen LogP contribution in [-0.4, -0.2) is 36.9 Å². The predicted molar refractivity (Wildman–Crippen MR) is 93.2 cm³/mol. The third-order valence-electron chi connectivity index (χ3n) is 5.32. The average molecular weight is 320 g/mol. The predicted octanol–water partition coefficient (Wildman–Crippen LogP) is 2.76. The first-order valence-corrected chi connectivity index (χ1v) is 8.26. The van der Waals surface area contributed by atoms with Crippen LogP contribution in [0.3, 0.4) is 0 Å². The zero-order chi connectivity index (χ0) is 16.9. The molecule has 2 aliphatic heterocycles. The van der Waals surface area contributed by atoms with Crippen molar-refractivity contribution < 1.29 is 9.59 Å². The maximum Gasteiger partial charge on any atom is 0.253 e. The van der Waals surface area contributed by atoms with Crippen molar-refractivity contribution in [2.75, 3.05) is 25.0 Å². The summed E-state index contributed by atoms with van der Waals surface area (Å²) in [5, 5.41) is 0. The summed E-state index contributed by atoms with van der Waals surface area (Å²) in [6.45, 7) is 3.05. The Morgan fingerprint density at radius 2 is 1.92 bits per heavy atom. The van der Waals surface area contributed by atoms with E-state index in [1.807, 2.05) is 67.4 Å². The number of carbonyl (C=O) groups excluding carboxylic acids is 2. The first-order valence-electron chi connectivity index (χ1n) is 8.26. The summed E-state index contributed by atoms with van der Waals surface area (Å²) in [5.74, 6) is 0.110. The van der Waals surface area contributed by atoms with Gasteiger partial charge in [-0.15, -0.1) is 0 Å². The topological polar surface area (TPSA) is 40.6 Å². The lowest BCUT2D eigenvalue weighted by atomic mass is 9.81. The summed E-state index contributed by atoms with van der Waals surface area (Å²) in [6.07, 6.45) is 0.685. The smallest absolute Gasteiger partial charge is 0.253 e. The minimum absolute atomic E-state index is 0.00964. The van der Waals surface area contributed by atoms with Crippen LogP contribution in [-0.2, 0) is 10.2 Å². The number of anilines is 1. The maximum absolute atomic E-state index is 12.9. The number of fused-ring (bicyclic) bond motifs is 2. The van der Waals surface area contributed by atoms with Crippen molar-refractivity contribution in [1.82, 2.24) is 4.90 Å². The molecule has 1 spiro atoms. The zero-order valence-corrected chi connectivity index (χ0v) is 14.0. The first kappa shape index (κ1) is 14.9. The fourth-order valence-electron chi connectivity index (χ4n) is 4.05. The molecule has 2 aromatic carbocycles. The number of hydrogen-bond acceptors (Lipinski definition) is 2. The highest BCUT2D eigenvalue weighted by molar-refractivity contribution is 6.09. The lowest BCUT2D eigenvalue weighted by molar-refractivity contribution is -0.122. The van der Waals surface area contributed by atoms with Gasteiger partial charge in [0.1, 0.15) is 0 Å². The van der Waals surface area contributed by atoms with E-state index in [1.54, 1.807) is 4.90 Å². The molecule has 0 radical (unpaired) electrons. The molecule has 1 fully saturated rings. The van der Waals surface area contributed by atoms with E-state index in [9.17, 15) is 9.59 Å². The third-order valence-corrected chi connectivity index (χ3v) is 5.32. The minimum atomic E-state index is -0.579. The molecule has 4 rings (SSSR count). The van der Waals surface area contributed by atoms with Crippen molar-refractivity contribution in [3.8, 4) is 0 Å². The Morgan fingerprint density at radius 1 is 1.12 bits per heavy atom. The number of rotatable bonds is 1. The molecule has 2 aromatic rings. The fourth-order valence-corrected chi connectivity index (χ4v) is 4.05. The SMILES string of the molecule is Cc1cccc(C(=O)N2CCC3(C2)C(=O)N(C)c2ccccc23)c1. The maximum atomic E-state index is 12.9. The van der Waals surface area contributed by atoms with Crippen LogP contribution in [0.15, 0.2) is 48.5 Å². The molecule has 2 amide bonds. The number of likely N-dealkylation sites (N-methyl/N-ethyl adjacent to an activating group) is 1. The largest absolute Gasteiger partial charge is 0.337 e. The van der Waals surface area contributed by atoms with Crippen LogP contribution in [0, 0.1) is 6.92 Å². The van der Waals surface area contributed by atoms with Gasteiger partial charge in [-0.25, -0.2) is 0 Å². The fraction of sp³-hybridized carbons (Fsp3) is 0.300. The second-order valence-electron chi connectivity index (χ2n) is 6.81. The van der Waals surface area contributed by atoms with Crippen molar-refractivity contribution in [3.63, 3.8) is 0 Å². The second kappa shape index (κ2) is 5.20. The van der Waals surface area contributed by atoms with Crippen molar-refractivity contribution in [2.24, 2.45) is 0 Å². The van der Waals surface area contributed by atoms with Gasteiger partial charge in [0.25, 0.3) is 5.91 Å². The Kier molecular flexibility index (Phi) is 3.23. The third kappa shape index (κ3) is 1.99. The van der Waals surface area contributed by atoms with E-state index in [-0.39, 0.29) is 11.8 Å². The van der Waals surface area contributed by atoms with Gasteiger partial charge in [-0.2, -0.15) is 0 Å². The molecule has 0 bridgehead atoms. The average Bonchev–Trinajstić information content (AvgIpc) is 3.13. The number of para-hydroxylation sites is 1. The summed E-state index contributed by atoms with van der Waals surface area (Å²) >= 11 is 0. The second-order valence-corrected chi connectivity index (χ2v) is 6.81. The van der Waals surface area contributed by atoms with E-state index in [0.29, 0.717) is 25.1 Å². The molecule has 4 heteroatoms. The molecule has 0 aromatic heterocycles. The highest BCUT2D eigenvalue weighted by Gasteiger charge is 2.54. The molecule has 4 nitrogen and oxygen atoms in total. The summed E-state index contributed by atoms with van der Waals surface area (Å²) in [5.41, 5.74) is 3.20. The van der Waals surface area contributed by atoms with Gasteiger partial charge in [0.15, 0.2) is 0 Å². The molecule has 1 unspecified atom stereocenters. The van der Waals surface area contributed by atoms with Crippen molar-refractivity contribution in [3.05, 3.63) is 65.2 Å². The number of hydrogen-bond donors (Lipinski definition) is 0. The van der Waals surface area contributed by atoms with Gasteiger partial charge in [-0.3, -0.25) is 9.59 Å². The number of nitrogens with zero attached hydrogens (tertiary/aromatic N) is 2. The molecule has 1 saturated heterocycles. The lowest BCUT2D eigenvalue weighted by Gasteiger charge is -2.23. The van der Waals surface area contributed by atoms with Crippen molar-refractivity contribution in [1.29, 1.82) is 0 Å². The molecular weight excluding hydrogens is 300 g/mol. The molecule has 0 saturated carbocycles. The van der Waals surface area contributed by atoms with Gasteiger partial charge in [-0.05, 0) is 37.1 Å². The lowest BCUT2D eigenvalue weighted by Crippen LogP contribution is -2.42. The molecule has 2 aliphatic rings. The zero-order valence-electron chi connectivity index (χ0n) is 14.0. The molecule has 0 aliphatic carbocycles. The van der Waals surface area contributed by atoms with Crippen LogP contribution in [0.25, 0.3) is 0 Å². The molecule has 2 heterocycles. The van der Waals surface area contributed by atoms with Crippen molar-refractivity contribution >= 4 is 17.5 Å². The van der Waals surface area contributed by atoms with E-state index in [4.69, 9.17) is 0 Å². The van der Waals surface area contributed by atoms with Crippen LogP contribution in [0.2, 0.25) is 0 Å².